The van der Waals surface area contributed by atoms with Gasteiger partial charge in [0, 0.05) is 31.1 Å². The largest absolute Gasteiger partial charge is 0.398 e. The van der Waals surface area contributed by atoms with E-state index in [1.165, 1.54) is 0 Å². The molecule has 0 bridgehead atoms. The predicted molar refractivity (Wildman–Crippen MR) is 73.7 cm³/mol. The minimum absolute atomic E-state index is 0.212. The number of likely N-dealkylation sites (N-methyl/N-ethyl adjacent to an activating group) is 1. The standard InChI is InChI=1S/C13H21N3O2/c1-4-16(9(2)8-18-3)10-5-6-12(14)11(7-10)13(15)17/h5-7,9H,4,8,14H2,1-3H3,(H2,15,17). The molecule has 5 heteroatoms. The normalized spacial score (nSPS) is 12.2. The summed E-state index contributed by atoms with van der Waals surface area (Å²) in [5.41, 5.74) is 12.7. The van der Waals surface area contributed by atoms with Crippen LogP contribution in [0.1, 0.15) is 24.2 Å². The van der Waals surface area contributed by atoms with Gasteiger partial charge in [-0.2, -0.15) is 0 Å². The molecule has 1 rings (SSSR count). The number of primary amides is 1. The number of hydrogen-bond acceptors (Lipinski definition) is 4. The van der Waals surface area contributed by atoms with Crippen molar-refractivity contribution in [1.82, 2.24) is 0 Å². The molecule has 0 heterocycles. The summed E-state index contributed by atoms with van der Waals surface area (Å²) in [6.07, 6.45) is 0. The fraction of sp³-hybridized carbons (Fsp3) is 0.462. The Hall–Kier alpha value is -1.75. The molecule has 4 N–H and O–H groups in total. The molecule has 0 aliphatic rings. The summed E-state index contributed by atoms with van der Waals surface area (Å²) in [6, 6.07) is 5.53. The molecule has 0 aromatic heterocycles. The number of benzene rings is 1. The van der Waals surface area contributed by atoms with Crippen LogP contribution in [0.25, 0.3) is 0 Å². The van der Waals surface area contributed by atoms with E-state index in [2.05, 4.69) is 11.8 Å². The molecule has 100 valence electrons. The van der Waals surface area contributed by atoms with Crippen LogP contribution in [-0.2, 0) is 4.74 Å². The number of nitrogen functional groups attached to an aromatic ring is 1. The lowest BCUT2D eigenvalue weighted by molar-refractivity contribution is 0.100. The molecule has 0 aliphatic carbocycles. The molecule has 1 unspecified atom stereocenters. The first-order valence-electron chi connectivity index (χ1n) is 5.96. The van der Waals surface area contributed by atoms with Crippen LogP contribution < -0.4 is 16.4 Å². The monoisotopic (exact) mass is 251 g/mol. The third-order valence-corrected chi connectivity index (χ3v) is 2.91. The van der Waals surface area contributed by atoms with Crippen LogP contribution in [0.15, 0.2) is 18.2 Å². The van der Waals surface area contributed by atoms with Gasteiger partial charge in [-0.3, -0.25) is 4.79 Å². The summed E-state index contributed by atoms with van der Waals surface area (Å²) in [5.74, 6) is -0.509. The lowest BCUT2D eigenvalue weighted by atomic mass is 10.1. The second kappa shape index (κ2) is 6.26. The Morgan fingerprint density at radius 2 is 2.17 bits per heavy atom. The molecule has 0 saturated heterocycles. The molecule has 0 radical (unpaired) electrons. The minimum atomic E-state index is -0.509. The number of rotatable bonds is 6. The molecule has 1 aromatic carbocycles. The molecule has 0 saturated carbocycles. The highest BCUT2D eigenvalue weighted by molar-refractivity contribution is 5.99. The zero-order chi connectivity index (χ0) is 13.7. The number of methoxy groups -OCH3 is 1. The van der Waals surface area contributed by atoms with Crippen molar-refractivity contribution < 1.29 is 9.53 Å². The van der Waals surface area contributed by atoms with Gasteiger partial charge in [0.2, 0.25) is 0 Å². The van der Waals surface area contributed by atoms with Crippen molar-refractivity contribution >= 4 is 17.3 Å². The van der Waals surface area contributed by atoms with Crippen LogP contribution >= 0.6 is 0 Å². The zero-order valence-corrected chi connectivity index (χ0v) is 11.1. The third kappa shape index (κ3) is 3.13. The highest BCUT2D eigenvalue weighted by Gasteiger charge is 2.15. The van der Waals surface area contributed by atoms with E-state index in [9.17, 15) is 4.79 Å². The van der Waals surface area contributed by atoms with E-state index in [0.29, 0.717) is 17.9 Å². The van der Waals surface area contributed by atoms with Gasteiger partial charge in [-0.1, -0.05) is 0 Å². The summed E-state index contributed by atoms with van der Waals surface area (Å²) < 4.78 is 5.15. The first-order chi connectivity index (χ1) is 8.51. The summed E-state index contributed by atoms with van der Waals surface area (Å²) in [6.45, 7) is 5.54. The number of hydrogen-bond donors (Lipinski definition) is 2. The molecular weight excluding hydrogens is 230 g/mol. The van der Waals surface area contributed by atoms with Crippen molar-refractivity contribution in [2.45, 2.75) is 19.9 Å². The number of nitrogens with two attached hydrogens (primary N) is 2. The van der Waals surface area contributed by atoms with Gasteiger partial charge in [0.05, 0.1) is 12.2 Å². The van der Waals surface area contributed by atoms with Crippen LogP contribution in [0.4, 0.5) is 11.4 Å². The minimum Gasteiger partial charge on any atom is -0.398 e. The second-order valence-electron chi connectivity index (χ2n) is 4.23. The van der Waals surface area contributed by atoms with Crippen LogP contribution in [0.3, 0.4) is 0 Å². The summed E-state index contributed by atoms with van der Waals surface area (Å²) in [4.78, 5) is 13.4. The molecule has 1 amide bonds. The van der Waals surface area contributed by atoms with Crippen LogP contribution in [-0.4, -0.2) is 32.2 Å². The van der Waals surface area contributed by atoms with E-state index >= 15 is 0 Å². The van der Waals surface area contributed by atoms with Crippen molar-refractivity contribution in [1.29, 1.82) is 0 Å². The van der Waals surface area contributed by atoms with Crippen molar-refractivity contribution in [3.63, 3.8) is 0 Å². The molecule has 18 heavy (non-hydrogen) atoms. The number of ether oxygens (including phenoxy) is 1. The van der Waals surface area contributed by atoms with Gasteiger partial charge >= 0.3 is 0 Å². The van der Waals surface area contributed by atoms with Crippen molar-refractivity contribution in [3.8, 4) is 0 Å². The third-order valence-electron chi connectivity index (χ3n) is 2.91. The Bertz CT molecular complexity index is 421. The maximum absolute atomic E-state index is 11.3. The van der Waals surface area contributed by atoms with Gasteiger partial charge in [0.1, 0.15) is 0 Å². The zero-order valence-electron chi connectivity index (χ0n) is 11.1. The van der Waals surface area contributed by atoms with Crippen LogP contribution in [0.2, 0.25) is 0 Å². The average molecular weight is 251 g/mol. The quantitative estimate of drug-likeness (QED) is 0.745. The Morgan fingerprint density at radius 3 is 2.67 bits per heavy atom. The van der Waals surface area contributed by atoms with Crippen molar-refractivity contribution in [2.75, 3.05) is 30.9 Å². The fourth-order valence-electron chi connectivity index (χ4n) is 2.02. The van der Waals surface area contributed by atoms with Gasteiger partial charge < -0.3 is 21.1 Å². The average Bonchev–Trinajstić information content (AvgIpc) is 2.32. The molecule has 0 aliphatic heterocycles. The molecule has 5 nitrogen and oxygen atoms in total. The van der Waals surface area contributed by atoms with Crippen LogP contribution in [0, 0.1) is 0 Å². The Labute approximate surface area is 108 Å². The maximum Gasteiger partial charge on any atom is 0.250 e. The van der Waals surface area contributed by atoms with E-state index in [-0.39, 0.29) is 6.04 Å². The van der Waals surface area contributed by atoms with Crippen molar-refractivity contribution in [2.24, 2.45) is 5.73 Å². The molecule has 0 spiro atoms. The van der Waals surface area contributed by atoms with Gasteiger partial charge in [-0.15, -0.1) is 0 Å². The van der Waals surface area contributed by atoms with Gasteiger partial charge in [-0.25, -0.2) is 0 Å². The highest BCUT2D eigenvalue weighted by atomic mass is 16.5. The molecular formula is C13H21N3O2. The number of nitrogens with zero attached hydrogens (tertiary/aromatic N) is 1. The lowest BCUT2D eigenvalue weighted by Crippen LogP contribution is -2.36. The predicted octanol–water partition coefficient (Wildman–Crippen LogP) is 1.23. The summed E-state index contributed by atoms with van der Waals surface area (Å²) in [7, 11) is 1.67. The summed E-state index contributed by atoms with van der Waals surface area (Å²) in [5, 5.41) is 0. The van der Waals surface area contributed by atoms with E-state index in [4.69, 9.17) is 16.2 Å². The van der Waals surface area contributed by atoms with Crippen molar-refractivity contribution in [3.05, 3.63) is 23.8 Å². The van der Waals surface area contributed by atoms with Gasteiger partial charge in [-0.05, 0) is 32.0 Å². The van der Waals surface area contributed by atoms with Crippen LogP contribution in [0.5, 0.6) is 0 Å². The first-order valence-corrected chi connectivity index (χ1v) is 5.96. The van der Waals surface area contributed by atoms with E-state index < -0.39 is 5.91 Å². The number of anilines is 2. The van der Waals surface area contributed by atoms with E-state index in [1.54, 1.807) is 19.2 Å². The van der Waals surface area contributed by atoms with Gasteiger partial charge in [0.15, 0.2) is 0 Å². The fourth-order valence-corrected chi connectivity index (χ4v) is 2.02. The van der Waals surface area contributed by atoms with Gasteiger partial charge in [0.25, 0.3) is 5.91 Å². The molecule has 0 fully saturated rings. The number of carbonyl (C=O) groups excluding carboxylic acids is 1. The highest BCUT2D eigenvalue weighted by Crippen LogP contribution is 2.22. The smallest absolute Gasteiger partial charge is 0.250 e. The topological polar surface area (TPSA) is 81.6 Å². The molecule has 1 aromatic rings. The summed E-state index contributed by atoms with van der Waals surface area (Å²) >= 11 is 0. The SMILES string of the molecule is CCN(c1ccc(N)c(C(N)=O)c1)C(C)COC. The van der Waals surface area contributed by atoms with E-state index in [1.807, 2.05) is 13.0 Å². The molecule has 1 atom stereocenters. The number of amides is 1. The Balaban J connectivity index is 3.07. The Kier molecular flexibility index (Phi) is 4.97. The van der Waals surface area contributed by atoms with E-state index in [0.717, 1.165) is 12.2 Å². The maximum atomic E-state index is 11.3. The first kappa shape index (κ1) is 14.3. The second-order valence-corrected chi connectivity index (χ2v) is 4.23. The lowest BCUT2D eigenvalue weighted by Gasteiger charge is -2.30. The Morgan fingerprint density at radius 1 is 1.50 bits per heavy atom. The number of carbonyl (C=O) groups is 1.